The van der Waals surface area contributed by atoms with Crippen LogP contribution in [0.2, 0.25) is 0 Å². The van der Waals surface area contributed by atoms with E-state index >= 15 is 0 Å². The first-order valence-corrected chi connectivity index (χ1v) is 19.2. The van der Waals surface area contributed by atoms with Crippen molar-refractivity contribution >= 4 is 21.6 Å². The number of nitrogens with zero attached hydrogens (tertiary/aromatic N) is 1. The number of benzene rings is 8. The predicted octanol–water partition coefficient (Wildman–Crippen LogP) is 12.7. The average Bonchev–Trinajstić information content (AvgIpc) is 3.89. The van der Waals surface area contributed by atoms with Gasteiger partial charge < -0.3 is 0 Å². The number of hydrogen-bond donors (Lipinski definition) is 0. The van der Waals surface area contributed by atoms with Crippen LogP contribution in [0.5, 0.6) is 0 Å². The van der Waals surface area contributed by atoms with Crippen molar-refractivity contribution in [1.82, 2.24) is 4.98 Å². The molecule has 12 rings (SSSR count). The van der Waals surface area contributed by atoms with E-state index in [0.717, 1.165) is 16.1 Å². The predicted molar refractivity (Wildman–Crippen MR) is 219 cm³/mol. The maximum atomic E-state index is 4.93. The third kappa shape index (κ3) is 3.64. The average molecular weight is 690 g/mol. The lowest BCUT2D eigenvalue weighted by atomic mass is 9.52. The van der Waals surface area contributed by atoms with Gasteiger partial charge in [0.15, 0.2) is 0 Å². The summed E-state index contributed by atoms with van der Waals surface area (Å²) in [6, 6.07) is 70.5. The Hall–Kier alpha value is -6.35. The van der Waals surface area contributed by atoms with E-state index in [1.807, 2.05) is 0 Å². The summed E-state index contributed by atoms with van der Waals surface area (Å²) in [5.41, 5.74) is 19.9. The number of rotatable bonds is 2. The molecule has 3 aliphatic carbocycles. The molecule has 9 aromatic rings. The molecule has 3 aliphatic rings. The molecule has 1 nitrogen and oxygen atoms in total. The van der Waals surface area contributed by atoms with Crippen LogP contribution >= 0.6 is 11.3 Å². The Labute approximate surface area is 312 Å². The van der Waals surface area contributed by atoms with Crippen LogP contribution < -0.4 is 0 Å². The van der Waals surface area contributed by atoms with Crippen LogP contribution in [0.4, 0.5) is 0 Å². The zero-order valence-corrected chi connectivity index (χ0v) is 29.6. The second kappa shape index (κ2) is 10.6. The summed E-state index contributed by atoms with van der Waals surface area (Å²) in [4.78, 5) is 4.93. The standard InChI is InChI=1S/C51H31NS/c1-4-16-39-35(13-1)36-14-2-5-17-40(36)50(39)42-19-7-9-21-44(42)51(45-22-10-8-20-43(45)50)41-18-6-3-15-37(41)38-30-29-34(31-46(38)51)32-25-27-33(28-26-32)49-52-47-23-11-12-24-48(47)53-49/h1-31H. The summed E-state index contributed by atoms with van der Waals surface area (Å²) in [5.74, 6) is 0. The summed E-state index contributed by atoms with van der Waals surface area (Å²) >= 11 is 1.75. The Bertz CT molecular complexity index is 2840. The van der Waals surface area contributed by atoms with Crippen LogP contribution in [0.15, 0.2) is 188 Å². The van der Waals surface area contributed by atoms with Gasteiger partial charge in [0.25, 0.3) is 0 Å². The molecule has 0 radical (unpaired) electrons. The summed E-state index contributed by atoms with van der Waals surface area (Å²) in [6.07, 6.45) is 0. The molecular formula is C51H31NS. The minimum atomic E-state index is -0.492. The molecular weight excluding hydrogens is 659 g/mol. The van der Waals surface area contributed by atoms with Gasteiger partial charge in [0.05, 0.1) is 21.0 Å². The third-order valence-electron chi connectivity index (χ3n) is 12.2. The molecule has 0 saturated carbocycles. The Morgan fingerprint density at radius 1 is 0.321 bits per heavy atom. The first-order valence-electron chi connectivity index (χ1n) is 18.4. The molecule has 0 fully saturated rings. The first-order chi connectivity index (χ1) is 26.3. The summed E-state index contributed by atoms with van der Waals surface area (Å²) in [6.45, 7) is 0. The van der Waals surface area contributed by atoms with Crippen LogP contribution in [-0.4, -0.2) is 4.98 Å². The van der Waals surface area contributed by atoms with Crippen molar-refractivity contribution in [2.45, 2.75) is 10.8 Å². The van der Waals surface area contributed by atoms with Gasteiger partial charge in [-0.25, -0.2) is 4.98 Å². The van der Waals surface area contributed by atoms with Crippen LogP contribution in [0.25, 0.3) is 54.2 Å². The van der Waals surface area contributed by atoms with Gasteiger partial charge in [0, 0.05) is 5.56 Å². The van der Waals surface area contributed by atoms with Crippen LogP contribution in [-0.2, 0) is 10.8 Å². The number of fused-ring (bicyclic) bond motifs is 17. The van der Waals surface area contributed by atoms with Crippen molar-refractivity contribution in [2.75, 3.05) is 0 Å². The van der Waals surface area contributed by atoms with Crippen molar-refractivity contribution in [3.05, 3.63) is 233 Å². The normalized spacial score (nSPS) is 14.7. The second-order valence-corrected chi connectivity index (χ2v) is 15.6. The van der Waals surface area contributed by atoms with Gasteiger partial charge in [-0.05, 0) is 96.1 Å². The number of hydrogen-bond acceptors (Lipinski definition) is 2. The van der Waals surface area contributed by atoms with Crippen molar-refractivity contribution in [3.63, 3.8) is 0 Å². The highest BCUT2D eigenvalue weighted by Crippen LogP contribution is 2.67. The molecule has 1 aromatic heterocycles. The minimum absolute atomic E-state index is 0.433. The Balaban J connectivity index is 1.12. The summed E-state index contributed by atoms with van der Waals surface area (Å²) in [5, 5.41) is 1.06. The highest BCUT2D eigenvalue weighted by atomic mass is 32.1. The van der Waals surface area contributed by atoms with Crippen LogP contribution in [0, 0.1) is 0 Å². The summed E-state index contributed by atoms with van der Waals surface area (Å²) < 4.78 is 1.22. The van der Waals surface area contributed by atoms with E-state index in [1.165, 1.54) is 82.6 Å². The van der Waals surface area contributed by atoms with Gasteiger partial charge in [0.1, 0.15) is 5.01 Å². The highest BCUT2D eigenvalue weighted by Gasteiger charge is 2.58. The van der Waals surface area contributed by atoms with E-state index < -0.39 is 10.8 Å². The topological polar surface area (TPSA) is 12.9 Å². The molecule has 246 valence electrons. The van der Waals surface area contributed by atoms with Gasteiger partial charge in [-0.15, -0.1) is 11.3 Å². The van der Waals surface area contributed by atoms with Crippen molar-refractivity contribution in [2.24, 2.45) is 0 Å². The van der Waals surface area contributed by atoms with Crippen LogP contribution in [0.1, 0.15) is 44.5 Å². The molecule has 0 saturated heterocycles. The number of thiazole rings is 1. The number of para-hydroxylation sites is 1. The highest BCUT2D eigenvalue weighted by molar-refractivity contribution is 7.21. The molecule has 0 aliphatic heterocycles. The lowest BCUT2D eigenvalue weighted by Crippen LogP contribution is -2.43. The van der Waals surface area contributed by atoms with E-state index in [1.54, 1.807) is 11.3 Å². The largest absolute Gasteiger partial charge is 0.236 e. The molecule has 8 aromatic carbocycles. The van der Waals surface area contributed by atoms with Crippen molar-refractivity contribution < 1.29 is 0 Å². The number of aromatic nitrogens is 1. The second-order valence-electron chi connectivity index (χ2n) is 14.6. The van der Waals surface area contributed by atoms with Crippen molar-refractivity contribution in [3.8, 4) is 44.0 Å². The molecule has 1 heterocycles. The Kier molecular flexibility index (Phi) is 5.85. The molecule has 2 spiro atoms. The quantitative estimate of drug-likeness (QED) is 0.176. The van der Waals surface area contributed by atoms with Gasteiger partial charge >= 0.3 is 0 Å². The van der Waals surface area contributed by atoms with Gasteiger partial charge in [0.2, 0.25) is 0 Å². The lowest BCUT2D eigenvalue weighted by molar-refractivity contribution is 0.633. The molecule has 0 atom stereocenters. The molecule has 53 heavy (non-hydrogen) atoms. The molecule has 2 heteroatoms. The molecule has 0 unspecified atom stereocenters. The smallest absolute Gasteiger partial charge is 0.124 e. The van der Waals surface area contributed by atoms with E-state index in [-0.39, 0.29) is 0 Å². The zero-order valence-electron chi connectivity index (χ0n) is 28.8. The molecule has 0 N–H and O–H groups in total. The van der Waals surface area contributed by atoms with E-state index in [2.05, 4.69) is 188 Å². The molecule has 0 amide bonds. The van der Waals surface area contributed by atoms with Gasteiger partial charge in [-0.1, -0.05) is 170 Å². The minimum Gasteiger partial charge on any atom is -0.236 e. The Morgan fingerprint density at radius 3 is 1.25 bits per heavy atom. The zero-order chi connectivity index (χ0) is 34.7. The van der Waals surface area contributed by atoms with E-state index in [9.17, 15) is 0 Å². The fraction of sp³-hybridized carbons (Fsp3) is 0.0392. The molecule has 0 bridgehead atoms. The van der Waals surface area contributed by atoms with Gasteiger partial charge in [-0.2, -0.15) is 0 Å². The maximum Gasteiger partial charge on any atom is 0.124 e. The Morgan fingerprint density at radius 2 is 0.717 bits per heavy atom. The van der Waals surface area contributed by atoms with Crippen LogP contribution in [0.3, 0.4) is 0 Å². The summed E-state index contributed by atoms with van der Waals surface area (Å²) in [7, 11) is 0. The maximum absolute atomic E-state index is 4.93. The SMILES string of the molecule is c1ccc2c(c1)-c1ccccc1C21c2ccccc2C2(c3ccccc3-c3ccc(-c4ccc(-c5nc6ccccc6s5)cc4)cc32)c2ccccc21. The lowest BCUT2D eigenvalue weighted by Gasteiger charge is -2.48. The van der Waals surface area contributed by atoms with Crippen molar-refractivity contribution in [1.29, 1.82) is 0 Å². The monoisotopic (exact) mass is 689 g/mol. The first kappa shape index (κ1) is 29.3. The third-order valence-corrected chi connectivity index (χ3v) is 13.3. The van der Waals surface area contributed by atoms with E-state index in [4.69, 9.17) is 4.98 Å². The fourth-order valence-electron chi connectivity index (χ4n) is 10.2. The fourth-order valence-corrected chi connectivity index (χ4v) is 11.2. The van der Waals surface area contributed by atoms with Gasteiger partial charge in [-0.3, -0.25) is 0 Å². The van der Waals surface area contributed by atoms with E-state index in [0.29, 0.717) is 0 Å².